The van der Waals surface area contributed by atoms with Crippen molar-refractivity contribution in [2.75, 3.05) is 5.32 Å². The van der Waals surface area contributed by atoms with Crippen molar-refractivity contribution in [1.82, 2.24) is 10.2 Å². The Morgan fingerprint density at radius 3 is 2.66 bits per heavy atom. The molecule has 0 saturated heterocycles. The van der Waals surface area contributed by atoms with Gasteiger partial charge in [-0.1, -0.05) is 53.4 Å². The SMILES string of the molecule is Cc1oc(-c2ccc(F)cc2)cc1C(=O)Nc1nnc(SCc2ccccc2)s1. The summed E-state index contributed by atoms with van der Waals surface area (Å²) in [6, 6.07) is 17.6. The van der Waals surface area contributed by atoms with E-state index in [2.05, 4.69) is 27.6 Å². The number of rotatable bonds is 6. The number of furan rings is 1. The summed E-state index contributed by atoms with van der Waals surface area (Å²) in [7, 11) is 0. The molecule has 0 unspecified atom stereocenters. The Hall–Kier alpha value is -2.97. The average molecular weight is 426 g/mol. The zero-order valence-electron chi connectivity index (χ0n) is 15.4. The Labute approximate surface area is 175 Å². The molecule has 4 rings (SSSR count). The molecule has 0 spiro atoms. The molecule has 0 bridgehead atoms. The van der Waals surface area contributed by atoms with Gasteiger partial charge in [-0.15, -0.1) is 10.2 Å². The van der Waals surface area contributed by atoms with Crippen LogP contribution in [-0.4, -0.2) is 16.1 Å². The largest absolute Gasteiger partial charge is 0.461 e. The third kappa shape index (κ3) is 4.72. The van der Waals surface area contributed by atoms with E-state index < -0.39 is 0 Å². The highest BCUT2D eigenvalue weighted by atomic mass is 32.2. The van der Waals surface area contributed by atoms with Crippen molar-refractivity contribution in [3.8, 4) is 11.3 Å². The standard InChI is InChI=1S/C21H16FN3O2S2/c1-13-17(11-18(27-13)15-7-9-16(22)10-8-15)19(26)23-20-24-25-21(29-20)28-12-14-5-3-2-4-6-14/h2-11H,12H2,1H3,(H,23,24,26). The summed E-state index contributed by atoms with van der Waals surface area (Å²) >= 11 is 2.89. The Bertz CT molecular complexity index is 1120. The fourth-order valence-electron chi connectivity index (χ4n) is 2.67. The molecule has 8 heteroatoms. The van der Waals surface area contributed by atoms with Gasteiger partial charge in [0.05, 0.1) is 5.56 Å². The van der Waals surface area contributed by atoms with Gasteiger partial charge in [0.2, 0.25) is 5.13 Å². The van der Waals surface area contributed by atoms with Crippen molar-refractivity contribution < 1.29 is 13.6 Å². The number of nitrogens with zero attached hydrogens (tertiary/aromatic N) is 2. The van der Waals surface area contributed by atoms with Crippen LogP contribution in [0.2, 0.25) is 0 Å². The number of aryl methyl sites for hydroxylation is 1. The number of hydrogen-bond acceptors (Lipinski definition) is 6. The quantitative estimate of drug-likeness (QED) is 0.313. The molecule has 0 aliphatic carbocycles. The summed E-state index contributed by atoms with van der Waals surface area (Å²) in [6.45, 7) is 1.71. The van der Waals surface area contributed by atoms with E-state index >= 15 is 0 Å². The number of anilines is 1. The normalized spacial score (nSPS) is 10.8. The zero-order chi connectivity index (χ0) is 20.2. The Morgan fingerprint density at radius 1 is 1.14 bits per heavy atom. The molecule has 0 radical (unpaired) electrons. The first kappa shape index (κ1) is 19.4. The fourth-order valence-corrected chi connectivity index (χ4v) is 4.37. The van der Waals surface area contributed by atoms with Gasteiger partial charge >= 0.3 is 0 Å². The molecule has 1 amide bonds. The van der Waals surface area contributed by atoms with Gasteiger partial charge in [0.15, 0.2) is 4.34 Å². The number of benzene rings is 2. The van der Waals surface area contributed by atoms with Crippen LogP contribution in [0.1, 0.15) is 21.7 Å². The van der Waals surface area contributed by atoms with Crippen molar-refractivity contribution in [1.29, 1.82) is 0 Å². The minimum atomic E-state index is -0.327. The molecular formula is C21H16FN3O2S2. The maximum Gasteiger partial charge on any atom is 0.261 e. The molecule has 146 valence electrons. The maximum absolute atomic E-state index is 13.1. The van der Waals surface area contributed by atoms with Crippen LogP contribution in [0.4, 0.5) is 9.52 Å². The smallest absolute Gasteiger partial charge is 0.261 e. The van der Waals surface area contributed by atoms with Gasteiger partial charge in [0.1, 0.15) is 17.3 Å². The van der Waals surface area contributed by atoms with Crippen LogP contribution in [0.25, 0.3) is 11.3 Å². The lowest BCUT2D eigenvalue weighted by Crippen LogP contribution is -2.11. The van der Waals surface area contributed by atoms with Crippen LogP contribution >= 0.6 is 23.1 Å². The Morgan fingerprint density at radius 2 is 1.90 bits per heavy atom. The van der Waals surface area contributed by atoms with Crippen LogP contribution in [0.3, 0.4) is 0 Å². The Kier molecular flexibility index (Phi) is 5.73. The van der Waals surface area contributed by atoms with Crippen LogP contribution in [0, 0.1) is 12.7 Å². The predicted molar refractivity (Wildman–Crippen MR) is 113 cm³/mol. The molecule has 4 aromatic rings. The molecule has 2 aromatic heterocycles. The topological polar surface area (TPSA) is 68.0 Å². The number of thioether (sulfide) groups is 1. The first-order valence-electron chi connectivity index (χ1n) is 8.76. The maximum atomic E-state index is 13.1. The summed E-state index contributed by atoms with van der Waals surface area (Å²) in [5.74, 6) is 1.11. The van der Waals surface area contributed by atoms with Gasteiger partial charge in [-0.3, -0.25) is 10.1 Å². The number of hydrogen-bond donors (Lipinski definition) is 1. The van der Waals surface area contributed by atoms with E-state index in [1.54, 1.807) is 36.9 Å². The van der Waals surface area contributed by atoms with E-state index in [1.807, 2.05) is 18.2 Å². The zero-order valence-corrected chi connectivity index (χ0v) is 17.0. The molecule has 0 fully saturated rings. The molecule has 0 aliphatic heterocycles. The van der Waals surface area contributed by atoms with E-state index in [0.29, 0.717) is 27.8 Å². The van der Waals surface area contributed by atoms with Gasteiger partial charge in [-0.05, 0) is 42.8 Å². The molecule has 29 heavy (non-hydrogen) atoms. The number of nitrogens with one attached hydrogen (secondary N) is 1. The highest BCUT2D eigenvalue weighted by Crippen LogP contribution is 2.30. The molecular weight excluding hydrogens is 409 g/mol. The van der Waals surface area contributed by atoms with E-state index in [1.165, 1.54) is 29.0 Å². The number of carbonyl (C=O) groups is 1. The Balaban J connectivity index is 1.42. The van der Waals surface area contributed by atoms with Crippen molar-refractivity contribution in [3.05, 3.63) is 83.4 Å². The number of halogens is 1. The minimum Gasteiger partial charge on any atom is -0.461 e. The molecule has 0 atom stereocenters. The number of carbonyl (C=O) groups excluding carboxylic acids is 1. The highest BCUT2D eigenvalue weighted by molar-refractivity contribution is 8.00. The van der Waals surface area contributed by atoms with E-state index in [-0.39, 0.29) is 11.7 Å². The van der Waals surface area contributed by atoms with Gasteiger partial charge in [0.25, 0.3) is 5.91 Å². The summed E-state index contributed by atoms with van der Waals surface area (Å²) < 4.78 is 19.6. The number of amides is 1. The predicted octanol–water partition coefficient (Wildman–Crippen LogP) is 5.79. The van der Waals surface area contributed by atoms with Crippen LogP contribution in [0.15, 0.2) is 69.4 Å². The molecule has 0 saturated carbocycles. The molecule has 5 nitrogen and oxygen atoms in total. The molecule has 1 N–H and O–H groups in total. The van der Waals surface area contributed by atoms with E-state index in [9.17, 15) is 9.18 Å². The van der Waals surface area contributed by atoms with Crippen molar-refractivity contribution in [3.63, 3.8) is 0 Å². The molecule has 0 aliphatic rings. The van der Waals surface area contributed by atoms with Gasteiger partial charge < -0.3 is 4.42 Å². The van der Waals surface area contributed by atoms with Crippen molar-refractivity contribution >= 4 is 34.1 Å². The third-order valence-corrected chi connectivity index (χ3v) is 6.17. The summed E-state index contributed by atoms with van der Waals surface area (Å²) in [4.78, 5) is 12.6. The second-order valence-electron chi connectivity index (χ2n) is 6.19. The average Bonchev–Trinajstić information content (AvgIpc) is 3.34. The summed E-state index contributed by atoms with van der Waals surface area (Å²) in [5.41, 5.74) is 2.29. The summed E-state index contributed by atoms with van der Waals surface area (Å²) in [5, 5.41) is 11.4. The van der Waals surface area contributed by atoms with Gasteiger partial charge in [-0.2, -0.15) is 0 Å². The lowest BCUT2D eigenvalue weighted by molar-refractivity contribution is 0.102. The lowest BCUT2D eigenvalue weighted by atomic mass is 10.1. The second kappa shape index (κ2) is 8.59. The molecule has 2 heterocycles. The first-order valence-corrected chi connectivity index (χ1v) is 10.6. The van der Waals surface area contributed by atoms with E-state index in [4.69, 9.17) is 4.42 Å². The monoisotopic (exact) mass is 425 g/mol. The lowest BCUT2D eigenvalue weighted by Gasteiger charge is -1.98. The van der Waals surface area contributed by atoms with Crippen LogP contribution < -0.4 is 5.32 Å². The first-order chi connectivity index (χ1) is 14.1. The van der Waals surface area contributed by atoms with Gasteiger partial charge in [-0.25, -0.2) is 4.39 Å². The summed E-state index contributed by atoms with van der Waals surface area (Å²) in [6.07, 6.45) is 0. The second-order valence-corrected chi connectivity index (χ2v) is 8.39. The number of aromatic nitrogens is 2. The van der Waals surface area contributed by atoms with Crippen LogP contribution in [0.5, 0.6) is 0 Å². The van der Waals surface area contributed by atoms with Crippen molar-refractivity contribution in [2.45, 2.75) is 17.0 Å². The van der Waals surface area contributed by atoms with E-state index in [0.717, 1.165) is 10.1 Å². The van der Waals surface area contributed by atoms with Gasteiger partial charge in [0, 0.05) is 11.3 Å². The minimum absolute atomic E-state index is 0.324. The molecule has 2 aromatic carbocycles. The van der Waals surface area contributed by atoms with Crippen LogP contribution in [-0.2, 0) is 5.75 Å². The fraction of sp³-hybridized carbons (Fsp3) is 0.0952. The third-order valence-electron chi connectivity index (χ3n) is 4.12. The highest BCUT2D eigenvalue weighted by Gasteiger charge is 2.18. The van der Waals surface area contributed by atoms with Crippen molar-refractivity contribution in [2.24, 2.45) is 0 Å².